The summed E-state index contributed by atoms with van der Waals surface area (Å²) in [6.07, 6.45) is 2.96. The Balaban J connectivity index is 2.22. The Morgan fingerprint density at radius 3 is 2.63 bits per heavy atom. The first-order chi connectivity index (χ1) is 8.89. The molecule has 5 heteroatoms. The fourth-order valence-electron chi connectivity index (χ4n) is 2.51. The standard InChI is InChI=1S/C14H30N4O/c1-12-11-18(10-9-17(12)4)8-6-5-7-14(2,16-3)13(15)19/h12,16H,5-11H2,1-4H3,(H2,15,19). The van der Waals surface area contributed by atoms with Crippen LogP contribution in [0, 0.1) is 0 Å². The molecule has 0 radical (unpaired) electrons. The van der Waals surface area contributed by atoms with Crippen LogP contribution in [0.2, 0.25) is 0 Å². The number of primary amides is 1. The maximum Gasteiger partial charge on any atom is 0.237 e. The van der Waals surface area contributed by atoms with E-state index in [0.717, 1.165) is 45.4 Å². The van der Waals surface area contributed by atoms with Crippen LogP contribution >= 0.6 is 0 Å². The molecule has 1 heterocycles. The van der Waals surface area contributed by atoms with Gasteiger partial charge in [-0.3, -0.25) is 4.79 Å². The minimum atomic E-state index is -0.560. The summed E-state index contributed by atoms with van der Waals surface area (Å²) >= 11 is 0. The van der Waals surface area contributed by atoms with Crippen molar-refractivity contribution in [2.24, 2.45) is 5.73 Å². The van der Waals surface area contributed by atoms with Gasteiger partial charge in [0.1, 0.15) is 0 Å². The molecular weight excluding hydrogens is 240 g/mol. The minimum Gasteiger partial charge on any atom is -0.368 e. The van der Waals surface area contributed by atoms with E-state index in [1.54, 1.807) is 7.05 Å². The topological polar surface area (TPSA) is 61.6 Å². The highest BCUT2D eigenvalue weighted by Crippen LogP contribution is 2.14. The van der Waals surface area contributed by atoms with Gasteiger partial charge in [0.2, 0.25) is 5.91 Å². The number of carbonyl (C=O) groups excluding carboxylic acids is 1. The predicted octanol–water partition coefficient (Wildman–Crippen LogP) is 0.256. The molecule has 0 aromatic rings. The summed E-state index contributed by atoms with van der Waals surface area (Å²) in [6.45, 7) is 8.73. The zero-order chi connectivity index (χ0) is 14.5. The average molecular weight is 270 g/mol. The second kappa shape index (κ2) is 7.22. The third-order valence-corrected chi connectivity index (χ3v) is 4.54. The normalized spacial score (nSPS) is 25.2. The largest absolute Gasteiger partial charge is 0.368 e. The molecular formula is C14H30N4O. The lowest BCUT2D eigenvalue weighted by Gasteiger charge is -2.37. The second-order valence-electron chi connectivity index (χ2n) is 6.03. The Kier molecular flexibility index (Phi) is 6.23. The van der Waals surface area contributed by atoms with E-state index in [4.69, 9.17) is 5.73 Å². The second-order valence-corrected chi connectivity index (χ2v) is 6.03. The Labute approximate surface area is 117 Å². The highest BCUT2D eigenvalue weighted by molar-refractivity contribution is 5.84. The molecule has 1 saturated heterocycles. The maximum absolute atomic E-state index is 11.4. The summed E-state index contributed by atoms with van der Waals surface area (Å²) in [5, 5.41) is 3.03. The van der Waals surface area contributed by atoms with Crippen LogP contribution in [0.4, 0.5) is 0 Å². The Hall–Kier alpha value is -0.650. The van der Waals surface area contributed by atoms with E-state index >= 15 is 0 Å². The zero-order valence-corrected chi connectivity index (χ0v) is 12.9. The van der Waals surface area contributed by atoms with Gasteiger partial charge in [-0.05, 0) is 53.8 Å². The van der Waals surface area contributed by atoms with Gasteiger partial charge in [-0.25, -0.2) is 0 Å². The van der Waals surface area contributed by atoms with E-state index in [2.05, 4.69) is 29.1 Å². The van der Waals surface area contributed by atoms with E-state index < -0.39 is 5.54 Å². The van der Waals surface area contributed by atoms with Crippen LogP contribution < -0.4 is 11.1 Å². The van der Waals surface area contributed by atoms with Crippen LogP contribution in [0.25, 0.3) is 0 Å². The fourth-order valence-corrected chi connectivity index (χ4v) is 2.51. The molecule has 1 amide bonds. The van der Waals surface area contributed by atoms with E-state index in [1.165, 1.54) is 0 Å². The quantitative estimate of drug-likeness (QED) is 0.651. The first-order valence-corrected chi connectivity index (χ1v) is 7.30. The Morgan fingerprint density at radius 1 is 1.42 bits per heavy atom. The van der Waals surface area contributed by atoms with Gasteiger partial charge in [-0.1, -0.05) is 0 Å². The first-order valence-electron chi connectivity index (χ1n) is 7.30. The molecule has 5 nitrogen and oxygen atoms in total. The van der Waals surface area contributed by atoms with Gasteiger partial charge < -0.3 is 20.9 Å². The Bertz CT molecular complexity index is 297. The summed E-state index contributed by atoms with van der Waals surface area (Å²) in [6, 6.07) is 0.641. The number of carbonyl (C=O) groups is 1. The van der Waals surface area contributed by atoms with Crippen LogP contribution in [0.15, 0.2) is 0 Å². The average Bonchev–Trinajstić information content (AvgIpc) is 2.38. The molecule has 1 fully saturated rings. The van der Waals surface area contributed by atoms with Gasteiger partial charge in [-0.15, -0.1) is 0 Å². The summed E-state index contributed by atoms with van der Waals surface area (Å²) in [5.41, 5.74) is 4.86. The number of nitrogens with one attached hydrogen (secondary N) is 1. The third-order valence-electron chi connectivity index (χ3n) is 4.54. The van der Waals surface area contributed by atoms with Gasteiger partial charge in [0, 0.05) is 25.7 Å². The lowest BCUT2D eigenvalue weighted by atomic mass is 9.94. The van der Waals surface area contributed by atoms with Crippen LogP contribution in [0.3, 0.4) is 0 Å². The van der Waals surface area contributed by atoms with Gasteiger partial charge in [0.25, 0.3) is 0 Å². The molecule has 19 heavy (non-hydrogen) atoms. The van der Waals surface area contributed by atoms with Crippen LogP contribution in [-0.4, -0.2) is 67.6 Å². The molecule has 0 spiro atoms. The molecule has 0 bridgehead atoms. The number of hydrogen-bond acceptors (Lipinski definition) is 4. The molecule has 0 aliphatic carbocycles. The third kappa shape index (κ3) is 4.75. The number of hydrogen-bond donors (Lipinski definition) is 2. The summed E-state index contributed by atoms with van der Waals surface area (Å²) in [4.78, 5) is 16.3. The van der Waals surface area contributed by atoms with E-state index in [-0.39, 0.29) is 5.91 Å². The van der Waals surface area contributed by atoms with Crippen molar-refractivity contribution < 1.29 is 4.79 Å². The first kappa shape index (κ1) is 16.4. The number of rotatable bonds is 7. The number of nitrogens with zero attached hydrogens (tertiary/aromatic N) is 2. The molecule has 112 valence electrons. The van der Waals surface area contributed by atoms with Crippen molar-refractivity contribution in [2.75, 3.05) is 40.3 Å². The molecule has 0 saturated carbocycles. The molecule has 3 N–H and O–H groups in total. The smallest absolute Gasteiger partial charge is 0.237 e. The summed E-state index contributed by atoms with van der Waals surface area (Å²) < 4.78 is 0. The predicted molar refractivity (Wildman–Crippen MR) is 79.0 cm³/mol. The highest BCUT2D eigenvalue weighted by atomic mass is 16.1. The maximum atomic E-state index is 11.4. The van der Waals surface area contributed by atoms with Crippen molar-refractivity contribution in [1.29, 1.82) is 0 Å². The van der Waals surface area contributed by atoms with Crippen molar-refractivity contribution in [3.63, 3.8) is 0 Å². The highest BCUT2D eigenvalue weighted by Gasteiger charge is 2.28. The molecule has 2 unspecified atom stereocenters. The van der Waals surface area contributed by atoms with Crippen molar-refractivity contribution in [1.82, 2.24) is 15.1 Å². The lowest BCUT2D eigenvalue weighted by Crippen LogP contribution is -2.51. The minimum absolute atomic E-state index is 0.261. The number of likely N-dealkylation sites (N-methyl/N-ethyl adjacent to an activating group) is 2. The van der Waals surface area contributed by atoms with Gasteiger partial charge in [0.05, 0.1) is 5.54 Å². The number of piperazine rings is 1. The Morgan fingerprint density at radius 2 is 2.11 bits per heavy atom. The molecule has 1 aliphatic heterocycles. The zero-order valence-electron chi connectivity index (χ0n) is 12.9. The molecule has 0 aromatic heterocycles. The molecule has 1 aliphatic rings. The van der Waals surface area contributed by atoms with Gasteiger partial charge in [0.15, 0.2) is 0 Å². The number of unbranched alkanes of at least 4 members (excludes halogenated alkanes) is 1. The lowest BCUT2D eigenvalue weighted by molar-refractivity contribution is -0.123. The van der Waals surface area contributed by atoms with Crippen LogP contribution in [0.5, 0.6) is 0 Å². The fraction of sp³-hybridized carbons (Fsp3) is 0.929. The van der Waals surface area contributed by atoms with E-state index in [0.29, 0.717) is 6.04 Å². The van der Waals surface area contributed by atoms with Crippen LogP contribution in [0.1, 0.15) is 33.1 Å². The number of nitrogens with two attached hydrogens (primary N) is 1. The molecule has 1 rings (SSSR count). The van der Waals surface area contributed by atoms with Gasteiger partial charge >= 0.3 is 0 Å². The van der Waals surface area contributed by atoms with Crippen LogP contribution in [-0.2, 0) is 4.79 Å². The summed E-state index contributed by atoms with van der Waals surface area (Å²) in [5.74, 6) is -0.261. The van der Waals surface area contributed by atoms with Crippen molar-refractivity contribution in [3.8, 4) is 0 Å². The van der Waals surface area contributed by atoms with Crippen molar-refractivity contribution >= 4 is 5.91 Å². The molecule has 0 aromatic carbocycles. The summed E-state index contributed by atoms with van der Waals surface area (Å²) in [7, 11) is 3.99. The SMILES string of the molecule is CNC(C)(CCCCN1CCN(C)C(C)C1)C(N)=O. The van der Waals surface area contributed by atoms with Crippen molar-refractivity contribution in [2.45, 2.75) is 44.7 Å². The number of amides is 1. The molecule has 2 atom stereocenters. The monoisotopic (exact) mass is 270 g/mol. The van der Waals surface area contributed by atoms with E-state index in [1.807, 2.05) is 6.92 Å². The van der Waals surface area contributed by atoms with Gasteiger partial charge in [-0.2, -0.15) is 0 Å². The van der Waals surface area contributed by atoms with E-state index in [9.17, 15) is 4.79 Å². The van der Waals surface area contributed by atoms with Crippen molar-refractivity contribution in [3.05, 3.63) is 0 Å².